The van der Waals surface area contributed by atoms with Crippen LogP contribution >= 0.6 is 11.8 Å². The summed E-state index contributed by atoms with van der Waals surface area (Å²) in [6, 6.07) is 13.0. The van der Waals surface area contributed by atoms with Crippen LogP contribution in [0.3, 0.4) is 0 Å². The second-order valence-corrected chi connectivity index (χ2v) is 10.3. The summed E-state index contributed by atoms with van der Waals surface area (Å²) in [6.07, 6.45) is 0.969. The van der Waals surface area contributed by atoms with Crippen molar-refractivity contribution in [3.05, 3.63) is 53.6 Å². The van der Waals surface area contributed by atoms with Crippen LogP contribution in [-0.2, 0) is 21.2 Å². The molecule has 0 aliphatic rings. The molecular weight excluding hydrogens is 458 g/mol. The van der Waals surface area contributed by atoms with Crippen molar-refractivity contribution in [2.45, 2.75) is 44.2 Å². The molecule has 2 aromatic carbocycles. The number of thioether (sulfide) groups is 1. The summed E-state index contributed by atoms with van der Waals surface area (Å²) in [6.45, 7) is 8.21. The van der Waals surface area contributed by atoms with Gasteiger partial charge >= 0.3 is 0 Å². The fourth-order valence-corrected chi connectivity index (χ4v) is 5.63. The van der Waals surface area contributed by atoms with Crippen LogP contribution in [0.15, 0.2) is 52.5 Å². The van der Waals surface area contributed by atoms with Crippen molar-refractivity contribution < 1.29 is 13.2 Å². The molecule has 10 heteroatoms. The molecule has 0 saturated carbocycles. The summed E-state index contributed by atoms with van der Waals surface area (Å²) < 4.78 is 27.2. The molecule has 176 valence electrons. The maximum atomic E-state index is 12.9. The molecule has 1 aromatic heterocycles. The van der Waals surface area contributed by atoms with Crippen molar-refractivity contribution in [2.24, 2.45) is 0 Å². The zero-order valence-electron chi connectivity index (χ0n) is 19.3. The molecule has 8 nitrogen and oxygen atoms in total. The number of aromatic nitrogens is 3. The number of carbonyl (C=O) groups excluding carboxylic acids is 1. The van der Waals surface area contributed by atoms with Gasteiger partial charge in [0.1, 0.15) is 0 Å². The third-order valence-corrected chi connectivity index (χ3v) is 8.27. The van der Waals surface area contributed by atoms with Gasteiger partial charge in [-0.25, -0.2) is 13.4 Å². The van der Waals surface area contributed by atoms with Crippen LogP contribution in [0, 0.1) is 6.92 Å². The maximum absolute atomic E-state index is 12.9. The lowest BCUT2D eigenvalue weighted by atomic mass is 10.1. The third-order valence-electron chi connectivity index (χ3n) is 5.23. The lowest BCUT2D eigenvalue weighted by Gasteiger charge is -2.20. The number of nitrogens with zero attached hydrogens (tertiary/aromatic N) is 3. The number of rotatable bonds is 10. The Morgan fingerprint density at radius 1 is 1.09 bits per heavy atom. The second-order valence-electron chi connectivity index (χ2n) is 7.42. The van der Waals surface area contributed by atoms with E-state index in [1.54, 1.807) is 32.9 Å². The third kappa shape index (κ3) is 6.01. The van der Waals surface area contributed by atoms with E-state index >= 15 is 0 Å². The highest BCUT2D eigenvalue weighted by molar-refractivity contribution is 7.99. The van der Waals surface area contributed by atoms with Crippen molar-refractivity contribution in [1.29, 1.82) is 0 Å². The molecule has 1 heterocycles. The number of benzene rings is 2. The molecule has 0 spiro atoms. The fraction of sp³-hybridized carbons (Fsp3) is 0.348. The van der Waals surface area contributed by atoms with E-state index in [1.807, 2.05) is 24.3 Å². The van der Waals surface area contributed by atoms with Gasteiger partial charge in [0.25, 0.3) is 0 Å². The van der Waals surface area contributed by atoms with Crippen LogP contribution in [-0.4, -0.2) is 52.7 Å². The van der Waals surface area contributed by atoms with E-state index in [1.165, 1.54) is 27.7 Å². The molecule has 0 atom stereocenters. The van der Waals surface area contributed by atoms with Crippen LogP contribution in [0.4, 0.5) is 5.69 Å². The van der Waals surface area contributed by atoms with Gasteiger partial charge < -0.3 is 5.32 Å². The average Bonchev–Trinajstić information content (AvgIpc) is 3.28. The van der Waals surface area contributed by atoms with Gasteiger partial charge in [0.15, 0.2) is 5.82 Å². The molecule has 0 saturated heterocycles. The van der Waals surface area contributed by atoms with Gasteiger partial charge in [0.2, 0.25) is 21.1 Å². The molecule has 0 radical (unpaired) electrons. The highest BCUT2D eigenvalue weighted by atomic mass is 32.2. The van der Waals surface area contributed by atoms with Gasteiger partial charge in [0, 0.05) is 24.3 Å². The van der Waals surface area contributed by atoms with Crippen LogP contribution in [0.25, 0.3) is 11.4 Å². The van der Waals surface area contributed by atoms with Gasteiger partial charge in [-0.15, -0.1) is 5.10 Å². The minimum Gasteiger partial charge on any atom is -0.325 e. The number of aryl methyl sites for hydroxylation is 2. The standard InChI is InChI=1S/C23H29N5O3S2/c1-5-17-9-11-18(12-10-17)22-25-23(27-26-22)32-15-21(29)24-19-13-8-16(4)20(14-19)33(30,31)28(6-2)7-3/h8-14H,5-7,15H2,1-4H3,(H,24,29)(H,25,26,27). The quantitative estimate of drug-likeness (QED) is 0.417. The van der Waals surface area contributed by atoms with Crippen molar-refractivity contribution in [3.8, 4) is 11.4 Å². The van der Waals surface area contributed by atoms with Crippen molar-refractivity contribution in [3.63, 3.8) is 0 Å². The number of carbonyl (C=O) groups is 1. The first-order valence-electron chi connectivity index (χ1n) is 10.8. The number of hydrogen-bond donors (Lipinski definition) is 2. The summed E-state index contributed by atoms with van der Waals surface area (Å²) >= 11 is 1.20. The summed E-state index contributed by atoms with van der Waals surface area (Å²) in [5.74, 6) is 0.469. The Morgan fingerprint density at radius 2 is 1.79 bits per heavy atom. The monoisotopic (exact) mass is 487 g/mol. The lowest BCUT2D eigenvalue weighted by Crippen LogP contribution is -2.31. The lowest BCUT2D eigenvalue weighted by molar-refractivity contribution is -0.113. The largest absolute Gasteiger partial charge is 0.325 e. The fourth-order valence-electron chi connectivity index (χ4n) is 3.32. The molecule has 1 amide bonds. The highest BCUT2D eigenvalue weighted by Crippen LogP contribution is 2.24. The minimum absolute atomic E-state index is 0.0953. The number of anilines is 1. The number of amides is 1. The van der Waals surface area contributed by atoms with Crippen molar-refractivity contribution in [2.75, 3.05) is 24.2 Å². The van der Waals surface area contributed by atoms with Crippen LogP contribution in [0.1, 0.15) is 31.9 Å². The Labute approximate surface area is 199 Å². The normalized spacial score (nSPS) is 11.7. The first-order valence-corrected chi connectivity index (χ1v) is 13.3. The molecule has 33 heavy (non-hydrogen) atoms. The predicted octanol–water partition coefficient (Wildman–Crippen LogP) is 4.10. The number of sulfonamides is 1. The second kappa shape index (κ2) is 11.0. The van der Waals surface area contributed by atoms with Crippen molar-refractivity contribution in [1.82, 2.24) is 19.5 Å². The van der Waals surface area contributed by atoms with Crippen LogP contribution < -0.4 is 5.32 Å². The SMILES string of the molecule is CCc1ccc(-c2nc(SCC(=O)Nc3ccc(C)c(S(=O)(=O)N(CC)CC)c3)n[nH]2)cc1. The number of aromatic amines is 1. The van der Waals surface area contributed by atoms with Gasteiger partial charge in [-0.05, 0) is 36.6 Å². The number of H-pyrrole nitrogens is 1. The molecule has 0 bridgehead atoms. The molecule has 0 aliphatic carbocycles. The van der Waals surface area contributed by atoms with E-state index in [-0.39, 0.29) is 16.6 Å². The Hall–Kier alpha value is -2.69. The Kier molecular flexibility index (Phi) is 8.28. The smallest absolute Gasteiger partial charge is 0.243 e. The first-order chi connectivity index (χ1) is 15.8. The van der Waals surface area contributed by atoms with Gasteiger partial charge in [0.05, 0.1) is 10.6 Å². The molecule has 0 aliphatic heterocycles. The van der Waals surface area contributed by atoms with E-state index in [0.717, 1.165) is 12.0 Å². The zero-order chi connectivity index (χ0) is 24.0. The topological polar surface area (TPSA) is 108 Å². The summed E-state index contributed by atoms with van der Waals surface area (Å²) in [5.41, 5.74) is 3.24. The molecule has 3 aromatic rings. The molecule has 0 unspecified atom stereocenters. The predicted molar refractivity (Wildman–Crippen MR) is 132 cm³/mol. The Morgan fingerprint density at radius 3 is 2.42 bits per heavy atom. The van der Waals surface area contributed by atoms with Crippen LogP contribution in [0.5, 0.6) is 0 Å². The van der Waals surface area contributed by atoms with E-state index in [2.05, 4.69) is 27.4 Å². The van der Waals surface area contributed by atoms with Crippen molar-refractivity contribution >= 4 is 33.4 Å². The Bertz CT molecular complexity index is 1200. The maximum Gasteiger partial charge on any atom is 0.243 e. The average molecular weight is 488 g/mol. The summed E-state index contributed by atoms with van der Waals surface area (Å²) in [7, 11) is -3.62. The minimum atomic E-state index is -3.62. The molecule has 2 N–H and O–H groups in total. The van der Waals surface area contributed by atoms with Crippen LogP contribution in [0.2, 0.25) is 0 Å². The highest BCUT2D eigenvalue weighted by Gasteiger charge is 2.24. The molecule has 3 rings (SSSR count). The van der Waals surface area contributed by atoms with E-state index < -0.39 is 10.0 Å². The molecular formula is C23H29N5O3S2. The summed E-state index contributed by atoms with van der Waals surface area (Å²) in [5, 5.41) is 10.3. The zero-order valence-corrected chi connectivity index (χ0v) is 20.9. The van der Waals surface area contributed by atoms with Gasteiger partial charge in [-0.1, -0.05) is 62.9 Å². The van der Waals surface area contributed by atoms with E-state index in [9.17, 15) is 13.2 Å². The summed E-state index contributed by atoms with van der Waals surface area (Å²) in [4.78, 5) is 17.1. The van der Waals surface area contributed by atoms with E-state index in [0.29, 0.717) is 35.3 Å². The number of nitrogens with one attached hydrogen (secondary N) is 2. The number of hydrogen-bond acceptors (Lipinski definition) is 6. The Balaban J connectivity index is 1.64. The van der Waals surface area contributed by atoms with Gasteiger partial charge in [-0.3, -0.25) is 9.89 Å². The first kappa shape index (κ1) is 24.9. The van der Waals surface area contributed by atoms with Gasteiger partial charge in [-0.2, -0.15) is 4.31 Å². The molecule has 0 fully saturated rings. The van der Waals surface area contributed by atoms with E-state index in [4.69, 9.17) is 0 Å².